The van der Waals surface area contributed by atoms with Gasteiger partial charge in [-0.05, 0) is 47.9 Å². The highest BCUT2D eigenvalue weighted by molar-refractivity contribution is 6.30. The number of Topliss-reactive ketones (excluding diaryl/α,β-unsaturated/α-hetero) is 1. The van der Waals surface area contributed by atoms with Crippen molar-refractivity contribution in [1.82, 2.24) is 14.5 Å². The van der Waals surface area contributed by atoms with Gasteiger partial charge in [0.05, 0.1) is 35.9 Å². The first-order chi connectivity index (χ1) is 15.5. The monoisotopic (exact) mass is 442 g/mol. The molecule has 0 amide bonds. The number of aromatic nitrogens is 3. The second kappa shape index (κ2) is 9.04. The molecule has 0 spiro atoms. The van der Waals surface area contributed by atoms with Gasteiger partial charge in [0.1, 0.15) is 0 Å². The van der Waals surface area contributed by atoms with Gasteiger partial charge in [-0.3, -0.25) is 9.59 Å². The lowest BCUT2D eigenvalue weighted by Crippen LogP contribution is -2.28. The van der Waals surface area contributed by atoms with Crippen LogP contribution in [0.15, 0.2) is 78.1 Å². The van der Waals surface area contributed by atoms with Crippen molar-refractivity contribution in [2.45, 2.75) is 19.4 Å². The van der Waals surface area contributed by atoms with E-state index >= 15 is 0 Å². The minimum atomic E-state index is -0.626. The van der Waals surface area contributed by atoms with E-state index in [2.05, 4.69) is 16.0 Å². The Morgan fingerprint density at radius 1 is 1.16 bits per heavy atom. The standard InChI is InChI=1S/C25H19ClN4O2/c1-16(24(31)10-17-2-4-18(5-3-17)23-14-28-15-29-23)30-9-8-19(11-25(30)32)22-12-21(26)7-6-20(22)13-27/h2-9,11-12,14-16H,10H2,1H3,(H,28,29). The number of carbonyl (C=O) groups is 1. The molecular weight excluding hydrogens is 424 g/mol. The summed E-state index contributed by atoms with van der Waals surface area (Å²) in [5.41, 5.74) is 4.03. The minimum absolute atomic E-state index is 0.0744. The number of benzene rings is 2. The number of aromatic amines is 1. The SMILES string of the molecule is CC(C(=O)Cc1ccc(-c2cnc[nH]2)cc1)n1ccc(-c2cc(Cl)ccc2C#N)cc1=O. The van der Waals surface area contributed by atoms with Gasteiger partial charge in [-0.15, -0.1) is 0 Å². The summed E-state index contributed by atoms with van der Waals surface area (Å²) in [6, 6.07) is 17.2. The average molecular weight is 443 g/mol. The largest absolute Gasteiger partial charge is 0.345 e. The smallest absolute Gasteiger partial charge is 0.251 e. The van der Waals surface area contributed by atoms with Gasteiger partial charge in [-0.25, -0.2) is 4.98 Å². The molecule has 1 unspecified atom stereocenters. The number of ketones is 1. The maximum absolute atomic E-state index is 12.8. The van der Waals surface area contributed by atoms with Crippen LogP contribution in [0.2, 0.25) is 5.02 Å². The first-order valence-corrected chi connectivity index (χ1v) is 10.4. The number of nitrogens with one attached hydrogen (secondary N) is 1. The summed E-state index contributed by atoms with van der Waals surface area (Å²) in [7, 11) is 0. The number of pyridine rings is 1. The van der Waals surface area contributed by atoms with Crippen LogP contribution >= 0.6 is 11.6 Å². The van der Waals surface area contributed by atoms with Crippen LogP contribution in [-0.2, 0) is 11.2 Å². The Bertz CT molecular complexity index is 1370. The fourth-order valence-electron chi connectivity index (χ4n) is 3.55. The van der Waals surface area contributed by atoms with Gasteiger partial charge < -0.3 is 9.55 Å². The van der Waals surface area contributed by atoms with E-state index in [-0.39, 0.29) is 17.8 Å². The number of hydrogen-bond acceptors (Lipinski definition) is 4. The normalized spacial score (nSPS) is 11.7. The summed E-state index contributed by atoms with van der Waals surface area (Å²) in [6.45, 7) is 1.71. The molecule has 6 nitrogen and oxygen atoms in total. The molecule has 7 heteroatoms. The Labute approximate surface area is 189 Å². The average Bonchev–Trinajstić information content (AvgIpc) is 3.34. The molecule has 0 aliphatic heterocycles. The van der Waals surface area contributed by atoms with Gasteiger partial charge in [0.15, 0.2) is 5.78 Å². The summed E-state index contributed by atoms with van der Waals surface area (Å²) in [4.78, 5) is 32.7. The third-order valence-electron chi connectivity index (χ3n) is 5.39. The maximum Gasteiger partial charge on any atom is 0.251 e. The van der Waals surface area contributed by atoms with E-state index in [1.165, 1.54) is 10.6 Å². The van der Waals surface area contributed by atoms with Gasteiger partial charge in [0, 0.05) is 29.3 Å². The highest BCUT2D eigenvalue weighted by atomic mass is 35.5. The summed E-state index contributed by atoms with van der Waals surface area (Å²) >= 11 is 6.06. The van der Waals surface area contributed by atoms with Crippen molar-refractivity contribution in [3.05, 3.63) is 99.8 Å². The van der Waals surface area contributed by atoms with Crippen molar-refractivity contribution in [1.29, 1.82) is 5.26 Å². The second-order valence-electron chi connectivity index (χ2n) is 7.44. The highest BCUT2D eigenvalue weighted by Crippen LogP contribution is 2.26. The number of hydrogen-bond donors (Lipinski definition) is 1. The Morgan fingerprint density at radius 3 is 2.59 bits per heavy atom. The lowest BCUT2D eigenvalue weighted by Gasteiger charge is -2.15. The van der Waals surface area contributed by atoms with E-state index < -0.39 is 6.04 Å². The quantitative estimate of drug-likeness (QED) is 0.464. The lowest BCUT2D eigenvalue weighted by atomic mass is 10.0. The van der Waals surface area contributed by atoms with Crippen molar-refractivity contribution in [2.75, 3.05) is 0 Å². The molecule has 4 aromatic rings. The van der Waals surface area contributed by atoms with Crippen LogP contribution in [0.1, 0.15) is 24.1 Å². The number of imidazole rings is 1. The topological polar surface area (TPSA) is 91.5 Å². The molecule has 1 N–H and O–H groups in total. The van der Waals surface area contributed by atoms with Crippen LogP contribution in [0, 0.1) is 11.3 Å². The predicted molar refractivity (Wildman–Crippen MR) is 123 cm³/mol. The third-order valence-corrected chi connectivity index (χ3v) is 5.62. The van der Waals surface area contributed by atoms with E-state index in [0.717, 1.165) is 16.8 Å². The molecule has 4 rings (SSSR count). The van der Waals surface area contributed by atoms with Gasteiger partial charge >= 0.3 is 0 Å². The van der Waals surface area contributed by atoms with Gasteiger partial charge in [0.2, 0.25) is 0 Å². The second-order valence-corrected chi connectivity index (χ2v) is 7.88. The molecule has 0 saturated carbocycles. The molecule has 0 aliphatic carbocycles. The zero-order valence-corrected chi connectivity index (χ0v) is 18.0. The van der Waals surface area contributed by atoms with Gasteiger partial charge in [-0.2, -0.15) is 5.26 Å². The predicted octanol–water partition coefficient (Wildman–Crippen LogP) is 4.80. The molecule has 0 fully saturated rings. The fraction of sp³-hybridized carbons (Fsp3) is 0.120. The van der Waals surface area contributed by atoms with Crippen molar-refractivity contribution >= 4 is 17.4 Å². The van der Waals surface area contributed by atoms with Crippen molar-refractivity contribution in [2.24, 2.45) is 0 Å². The Kier molecular flexibility index (Phi) is 6.02. The maximum atomic E-state index is 12.8. The van der Waals surface area contributed by atoms with Crippen LogP contribution in [0.3, 0.4) is 0 Å². The number of nitrogens with zero attached hydrogens (tertiary/aromatic N) is 3. The van der Waals surface area contributed by atoms with Gasteiger partial charge in [-0.1, -0.05) is 35.9 Å². The molecule has 0 aliphatic rings. The fourth-order valence-corrected chi connectivity index (χ4v) is 3.72. The molecule has 2 aromatic carbocycles. The molecule has 0 radical (unpaired) electrons. The molecule has 2 aromatic heterocycles. The number of H-pyrrole nitrogens is 1. The molecule has 1 atom stereocenters. The van der Waals surface area contributed by atoms with Crippen LogP contribution in [0.4, 0.5) is 0 Å². The highest BCUT2D eigenvalue weighted by Gasteiger charge is 2.17. The molecule has 0 bridgehead atoms. The number of carbonyl (C=O) groups excluding carboxylic acids is 1. The van der Waals surface area contributed by atoms with E-state index in [9.17, 15) is 14.9 Å². The summed E-state index contributed by atoms with van der Waals surface area (Å²) in [5.74, 6) is -0.0744. The van der Waals surface area contributed by atoms with Crippen LogP contribution in [0.5, 0.6) is 0 Å². The molecule has 32 heavy (non-hydrogen) atoms. The van der Waals surface area contributed by atoms with E-state index in [0.29, 0.717) is 21.7 Å². The van der Waals surface area contributed by atoms with E-state index in [4.69, 9.17) is 11.6 Å². The van der Waals surface area contributed by atoms with Crippen molar-refractivity contribution in [3.63, 3.8) is 0 Å². The Hall–Kier alpha value is -3.95. The Morgan fingerprint density at radius 2 is 1.94 bits per heavy atom. The zero-order valence-electron chi connectivity index (χ0n) is 17.2. The third kappa shape index (κ3) is 4.39. The first kappa shape index (κ1) is 21.3. The molecule has 2 heterocycles. The lowest BCUT2D eigenvalue weighted by molar-refractivity contribution is -0.121. The van der Waals surface area contributed by atoms with Gasteiger partial charge in [0.25, 0.3) is 5.56 Å². The van der Waals surface area contributed by atoms with E-state index in [1.807, 2.05) is 24.3 Å². The molecule has 0 saturated heterocycles. The number of halogens is 1. The summed E-state index contributed by atoms with van der Waals surface area (Å²) in [6.07, 6.45) is 5.15. The first-order valence-electron chi connectivity index (χ1n) is 9.99. The van der Waals surface area contributed by atoms with E-state index in [1.54, 1.807) is 49.9 Å². The minimum Gasteiger partial charge on any atom is -0.345 e. The Balaban J connectivity index is 1.53. The summed E-state index contributed by atoms with van der Waals surface area (Å²) < 4.78 is 1.40. The van der Waals surface area contributed by atoms with Crippen LogP contribution in [0.25, 0.3) is 22.4 Å². The number of nitriles is 1. The van der Waals surface area contributed by atoms with Crippen LogP contribution in [-0.4, -0.2) is 20.3 Å². The van der Waals surface area contributed by atoms with Crippen LogP contribution < -0.4 is 5.56 Å². The zero-order chi connectivity index (χ0) is 22.7. The molecular formula is C25H19ClN4O2. The summed E-state index contributed by atoms with van der Waals surface area (Å²) in [5, 5.41) is 9.82. The molecule has 158 valence electrons. The van der Waals surface area contributed by atoms with Crippen molar-refractivity contribution < 1.29 is 4.79 Å². The van der Waals surface area contributed by atoms with Crippen molar-refractivity contribution in [3.8, 4) is 28.5 Å². The number of rotatable bonds is 6.